The van der Waals surface area contributed by atoms with Gasteiger partial charge in [-0.3, -0.25) is 4.90 Å². The molecule has 7 heteroatoms. The highest BCUT2D eigenvalue weighted by Crippen LogP contribution is 2.33. The van der Waals surface area contributed by atoms with Crippen LogP contribution < -0.4 is 0 Å². The zero-order chi connectivity index (χ0) is 22.3. The minimum absolute atomic E-state index is 0.304. The molecule has 1 fully saturated rings. The Labute approximate surface area is 190 Å². The molecule has 3 aromatic rings. The Kier molecular flexibility index (Phi) is 6.19. The Morgan fingerprint density at radius 1 is 1.00 bits per heavy atom. The van der Waals surface area contributed by atoms with Crippen molar-refractivity contribution in [1.29, 1.82) is 0 Å². The number of likely N-dealkylation sites (N-methyl/N-ethyl adjacent to an activating group) is 1. The van der Waals surface area contributed by atoms with Crippen molar-refractivity contribution < 1.29 is 8.42 Å². The van der Waals surface area contributed by atoms with Crippen LogP contribution in [0.15, 0.2) is 47.4 Å². The minimum Gasteiger partial charge on any atom is -0.304 e. The predicted molar refractivity (Wildman–Crippen MR) is 128 cm³/mol. The predicted octanol–water partition coefficient (Wildman–Crippen LogP) is 4.71. The number of benzene rings is 2. The minimum atomic E-state index is -3.73. The molecule has 1 aromatic heterocycles. The van der Waals surface area contributed by atoms with Crippen LogP contribution in [-0.2, 0) is 16.6 Å². The van der Waals surface area contributed by atoms with Crippen molar-refractivity contribution in [2.75, 3.05) is 33.2 Å². The van der Waals surface area contributed by atoms with Crippen LogP contribution in [0.25, 0.3) is 10.9 Å². The summed E-state index contributed by atoms with van der Waals surface area (Å²) in [4.78, 5) is 5.00. The van der Waals surface area contributed by atoms with Gasteiger partial charge in [0.05, 0.1) is 10.4 Å². The first kappa shape index (κ1) is 22.3. The molecule has 2 heterocycles. The van der Waals surface area contributed by atoms with Crippen molar-refractivity contribution in [3.63, 3.8) is 0 Å². The van der Waals surface area contributed by atoms with E-state index >= 15 is 0 Å². The van der Waals surface area contributed by atoms with Crippen molar-refractivity contribution in [1.82, 2.24) is 13.8 Å². The first-order valence-electron chi connectivity index (χ1n) is 10.7. The molecule has 1 aliphatic rings. The van der Waals surface area contributed by atoms with E-state index in [2.05, 4.69) is 30.7 Å². The lowest BCUT2D eigenvalue weighted by atomic mass is 10.0. The lowest BCUT2D eigenvalue weighted by Gasteiger charge is -2.32. The fraction of sp³-hybridized carbons (Fsp3) is 0.417. The van der Waals surface area contributed by atoms with Crippen molar-refractivity contribution in [3.05, 3.63) is 64.3 Å². The van der Waals surface area contributed by atoms with Crippen LogP contribution in [-0.4, -0.2) is 55.4 Å². The van der Waals surface area contributed by atoms with Crippen molar-refractivity contribution in [3.8, 4) is 0 Å². The Hall–Kier alpha value is -1.86. The Morgan fingerprint density at radius 3 is 2.26 bits per heavy atom. The van der Waals surface area contributed by atoms with Gasteiger partial charge in [-0.15, -0.1) is 0 Å². The maximum Gasteiger partial charge on any atom is 0.268 e. The zero-order valence-corrected chi connectivity index (χ0v) is 20.2. The number of hydrogen-bond acceptors (Lipinski definition) is 4. The lowest BCUT2D eigenvalue weighted by Crippen LogP contribution is -2.43. The van der Waals surface area contributed by atoms with E-state index in [-0.39, 0.29) is 0 Å². The highest BCUT2D eigenvalue weighted by molar-refractivity contribution is 7.90. The summed E-state index contributed by atoms with van der Waals surface area (Å²) in [6.07, 6.45) is 0. The number of aromatic nitrogens is 1. The summed E-state index contributed by atoms with van der Waals surface area (Å²) >= 11 is 6.31. The topological polar surface area (TPSA) is 45.5 Å². The fourth-order valence-electron chi connectivity index (χ4n) is 4.29. The molecule has 0 amide bonds. The lowest BCUT2D eigenvalue weighted by molar-refractivity contribution is 0.148. The van der Waals surface area contributed by atoms with Gasteiger partial charge in [0, 0.05) is 48.8 Å². The number of halogens is 1. The molecular formula is C24H30ClN3O2S. The van der Waals surface area contributed by atoms with Crippen LogP contribution in [0, 0.1) is 6.92 Å². The van der Waals surface area contributed by atoms with Gasteiger partial charge in [-0.1, -0.05) is 37.6 Å². The van der Waals surface area contributed by atoms with Crippen LogP contribution in [0.1, 0.15) is 36.6 Å². The summed E-state index contributed by atoms with van der Waals surface area (Å²) < 4.78 is 28.9. The van der Waals surface area contributed by atoms with E-state index in [1.54, 1.807) is 18.2 Å². The number of hydrogen-bond donors (Lipinski definition) is 0. The van der Waals surface area contributed by atoms with E-state index in [1.165, 1.54) is 3.97 Å². The van der Waals surface area contributed by atoms with E-state index < -0.39 is 10.0 Å². The van der Waals surface area contributed by atoms with Gasteiger partial charge >= 0.3 is 0 Å². The van der Waals surface area contributed by atoms with Gasteiger partial charge in [-0.25, -0.2) is 12.4 Å². The summed E-state index contributed by atoms with van der Waals surface area (Å²) in [5, 5.41) is 1.52. The Bertz CT molecular complexity index is 1190. The third-order valence-corrected chi connectivity index (χ3v) is 8.36. The largest absolute Gasteiger partial charge is 0.304 e. The molecule has 0 unspecified atom stereocenters. The molecule has 5 nitrogen and oxygen atoms in total. The smallest absolute Gasteiger partial charge is 0.268 e. The average Bonchev–Trinajstić information content (AvgIpc) is 3.01. The molecule has 0 saturated carbocycles. The molecule has 0 aliphatic carbocycles. The highest BCUT2D eigenvalue weighted by atomic mass is 35.5. The van der Waals surface area contributed by atoms with Gasteiger partial charge in [0.2, 0.25) is 0 Å². The molecule has 31 heavy (non-hydrogen) atoms. The van der Waals surface area contributed by atoms with E-state index in [0.717, 1.165) is 48.4 Å². The Balaban J connectivity index is 1.81. The quantitative estimate of drug-likeness (QED) is 0.554. The monoisotopic (exact) mass is 459 g/mol. The second kappa shape index (κ2) is 8.58. The van der Waals surface area contributed by atoms with E-state index in [1.807, 2.05) is 31.2 Å². The van der Waals surface area contributed by atoms with Gasteiger partial charge in [0.15, 0.2) is 0 Å². The molecule has 1 saturated heterocycles. The van der Waals surface area contributed by atoms with Gasteiger partial charge in [0.25, 0.3) is 10.0 Å². The first-order valence-corrected chi connectivity index (χ1v) is 12.6. The molecule has 166 valence electrons. The molecule has 2 aromatic carbocycles. The number of rotatable bonds is 5. The molecule has 0 atom stereocenters. The van der Waals surface area contributed by atoms with Gasteiger partial charge in [0.1, 0.15) is 0 Å². The Morgan fingerprint density at radius 2 is 1.65 bits per heavy atom. The fourth-order valence-corrected chi connectivity index (χ4v) is 6.05. The van der Waals surface area contributed by atoms with Crippen molar-refractivity contribution in [2.45, 2.75) is 38.1 Å². The third-order valence-electron chi connectivity index (χ3n) is 6.31. The SMILES string of the molecule is Cc1c(CN2CCN(C)CC2)c2cc(Cl)ccc2n1S(=O)(=O)c1ccc(C(C)C)cc1. The summed E-state index contributed by atoms with van der Waals surface area (Å²) in [5.74, 6) is 0.350. The summed E-state index contributed by atoms with van der Waals surface area (Å²) in [6.45, 7) is 10.8. The number of nitrogens with zero attached hydrogens (tertiary/aromatic N) is 3. The first-order chi connectivity index (χ1) is 14.7. The number of piperazine rings is 1. The van der Waals surface area contributed by atoms with Crippen LogP contribution in [0.2, 0.25) is 5.02 Å². The normalized spacial score (nSPS) is 16.5. The second-order valence-electron chi connectivity index (χ2n) is 8.80. The van der Waals surface area contributed by atoms with Crippen molar-refractivity contribution >= 4 is 32.5 Å². The standard InChI is InChI=1S/C24H30ClN3O2S/c1-17(2)19-5-8-21(9-6-19)31(29,30)28-18(3)23(16-27-13-11-26(4)12-14-27)22-15-20(25)7-10-24(22)28/h5-10,15,17H,11-14,16H2,1-4H3. The van der Waals surface area contributed by atoms with Gasteiger partial charge < -0.3 is 4.90 Å². The molecule has 1 aliphatic heterocycles. The number of fused-ring (bicyclic) bond motifs is 1. The molecule has 4 rings (SSSR count). The van der Waals surface area contributed by atoms with Crippen molar-refractivity contribution in [2.24, 2.45) is 0 Å². The highest BCUT2D eigenvalue weighted by Gasteiger charge is 2.26. The summed E-state index contributed by atoms with van der Waals surface area (Å²) in [6, 6.07) is 12.7. The van der Waals surface area contributed by atoms with Crippen LogP contribution in [0.5, 0.6) is 0 Å². The van der Waals surface area contributed by atoms with Crippen LogP contribution in [0.3, 0.4) is 0 Å². The molecular weight excluding hydrogens is 430 g/mol. The maximum atomic E-state index is 13.7. The van der Waals surface area contributed by atoms with E-state index in [0.29, 0.717) is 27.9 Å². The zero-order valence-electron chi connectivity index (χ0n) is 18.6. The maximum absolute atomic E-state index is 13.7. The third kappa shape index (κ3) is 4.27. The van der Waals surface area contributed by atoms with Gasteiger partial charge in [-0.05, 0) is 61.3 Å². The second-order valence-corrected chi connectivity index (χ2v) is 11.0. The van der Waals surface area contributed by atoms with E-state index in [9.17, 15) is 8.42 Å². The van der Waals surface area contributed by atoms with E-state index in [4.69, 9.17) is 11.6 Å². The summed E-state index contributed by atoms with van der Waals surface area (Å²) in [7, 11) is -1.60. The molecule has 0 bridgehead atoms. The molecule has 0 N–H and O–H groups in total. The van der Waals surface area contributed by atoms with Crippen LogP contribution >= 0.6 is 11.6 Å². The average molecular weight is 460 g/mol. The summed E-state index contributed by atoms with van der Waals surface area (Å²) in [5.41, 5.74) is 3.59. The molecule has 0 spiro atoms. The van der Waals surface area contributed by atoms with Crippen LogP contribution in [0.4, 0.5) is 0 Å². The molecule has 0 radical (unpaired) electrons. The van der Waals surface area contributed by atoms with Gasteiger partial charge in [-0.2, -0.15) is 0 Å².